The maximum Gasteiger partial charge on any atom is 0.335 e. The third-order valence-corrected chi connectivity index (χ3v) is 0.805. The SMILES string of the molecule is NS(=O)(=O)O.O=C(O)C(O)C(O)C(=O)O. The van der Waals surface area contributed by atoms with E-state index in [0.717, 1.165) is 0 Å². The Morgan fingerprint density at radius 1 is 1.00 bits per heavy atom. The highest BCUT2D eigenvalue weighted by Crippen LogP contribution is 1.92. The van der Waals surface area contributed by atoms with Crippen molar-refractivity contribution in [3.05, 3.63) is 0 Å². The third kappa shape index (κ3) is 12.7. The molecule has 11 heteroatoms. The molecule has 10 nitrogen and oxygen atoms in total. The first-order valence-corrected chi connectivity index (χ1v) is 4.54. The summed E-state index contributed by atoms with van der Waals surface area (Å²) in [5.41, 5.74) is 0. The molecule has 0 aromatic heterocycles. The number of hydrogen-bond donors (Lipinski definition) is 6. The number of aliphatic hydroxyl groups excluding tert-OH is 2. The van der Waals surface area contributed by atoms with Gasteiger partial charge in [0.2, 0.25) is 0 Å². The summed E-state index contributed by atoms with van der Waals surface area (Å²) < 4.78 is 25.2. The number of hydrogen-bond acceptors (Lipinski definition) is 6. The zero-order valence-corrected chi connectivity index (χ0v) is 7.83. The molecule has 0 saturated carbocycles. The van der Waals surface area contributed by atoms with Crippen molar-refractivity contribution < 1.29 is 43.0 Å². The molecule has 0 saturated heterocycles. The van der Waals surface area contributed by atoms with E-state index in [-0.39, 0.29) is 0 Å². The lowest BCUT2D eigenvalue weighted by Gasteiger charge is -2.07. The Kier molecular flexibility index (Phi) is 6.75. The van der Waals surface area contributed by atoms with Gasteiger partial charge in [-0.3, -0.25) is 4.55 Å². The fourth-order valence-corrected chi connectivity index (χ4v) is 0.270. The molecule has 2 atom stereocenters. The van der Waals surface area contributed by atoms with Crippen molar-refractivity contribution in [1.82, 2.24) is 0 Å². The molecule has 0 rings (SSSR count). The van der Waals surface area contributed by atoms with Crippen molar-refractivity contribution in [2.75, 3.05) is 0 Å². The van der Waals surface area contributed by atoms with Crippen molar-refractivity contribution >= 4 is 22.2 Å². The van der Waals surface area contributed by atoms with Gasteiger partial charge in [-0.15, -0.1) is 0 Å². The molecule has 0 spiro atoms. The largest absolute Gasteiger partial charge is 0.479 e. The second-order valence-electron chi connectivity index (χ2n) is 2.08. The van der Waals surface area contributed by atoms with Crippen molar-refractivity contribution in [2.24, 2.45) is 5.14 Å². The van der Waals surface area contributed by atoms with Crippen LogP contribution in [0.3, 0.4) is 0 Å². The third-order valence-electron chi connectivity index (χ3n) is 0.805. The van der Waals surface area contributed by atoms with Gasteiger partial charge in [-0.1, -0.05) is 0 Å². The summed E-state index contributed by atoms with van der Waals surface area (Å²) in [4.78, 5) is 19.5. The van der Waals surface area contributed by atoms with Crippen LogP contribution in [0.25, 0.3) is 0 Å². The van der Waals surface area contributed by atoms with Crippen molar-refractivity contribution in [3.8, 4) is 0 Å². The number of aliphatic hydroxyl groups is 2. The van der Waals surface area contributed by atoms with Crippen LogP contribution in [0.4, 0.5) is 0 Å². The number of carbonyl (C=O) groups is 2. The number of carboxylic acid groups (broad SMARTS) is 2. The Labute approximate surface area is 83.4 Å². The predicted octanol–water partition coefficient (Wildman–Crippen LogP) is -3.37. The van der Waals surface area contributed by atoms with E-state index >= 15 is 0 Å². The van der Waals surface area contributed by atoms with E-state index in [9.17, 15) is 9.59 Å². The molecule has 0 radical (unpaired) electrons. The Bertz CT molecular complexity index is 295. The van der Waals surface area contributed by atoms with E-state index in [0.29, 0.717) is 0 Å². The second-order valence-corrected chi connectivity index (χ2v) is 3.11. The predicted molar refractivity (Wildman–Crippen MR) is 43.0 cm³/mol. The van der Waals surface area contributed by atoms with Crippen molar-refractivity contribution in [2.45, 2.75) is 12.2 Å². The van der Waals surface area contributed by atoms with Crippen LogP contribution < -0.4 is 5.14 Å². The lowest BCUT2D eigenvalue weighted by Crippen LogP contribution is -2.39. The van der Waals surface area contributed by atoms with E-state index in [2.05, 4.69) is 5.14 Å². The minimum atomic E-state index is -4.17. The van der Waals surface area contributed by atoms with E-state index in [1.165, 1.54) is 0 Å². The molecule has 0 aliphatic carbocycles. The van der Waals surface area contributed by atoms with Crippen LogP contribution in [0.2, 0.25) is 0 Å². The number of carboxylic acids is 2. The summed E-state index contributed by atoms with van der Waals surface area (Å²) >= 11 is 0. The molecule has 0 bridgehead atoms. The molecule has 0 heterocycles. The van der Waals surface area contributed by atoms with Crippen LogP contribution in [-0.2, 0) is 19.9 Å². The lowest BCUT2D eigenvalue weighted by molar-refractivity contribution is -0.165. The first kappa shape index (κ1) is 16.2. The molecule has 90 valence electrons. The summed E-state index contributed by atoms with van der Waals surface area (Å²) in [7, 11) is -4.17. The first-order chi connectivity index (χ1) is 6.46. The highest BCUT2D eigenvalue weighted by molar-refractivity contribution is 7.83. The molecule has 0 aliphatic heterocycles. The van der Waals surface area contributed by atoms with Gasteiger partial charge in [-0.25, -0.2) is 14.7 Å². The number of aliphatic carboxylic acids is 2. The molecule has 0 aromatic carbocycles. The van der Waals surface area contributed by atoms with Crippen molar-refractivity contribution in [3.63, 3.8) is 0 Å². The fraction of sp³-hybridized carbons (Fsp3) is 0.500. The van der Waals surface area contributed by atoms with Gasteiger partial charge >= 0.3 is 22.2 Å². The van der Waals surface area contributed by atoms with Gasteiger partial charge in [-0.05, 0) is 0 Å². The van der Waals surface area contributed by atoms with Crippen LogP contribution in [0, 0.1) is 0 Å². The number of rotatable bonds is 3. The highest BCUT2D eigenvalue weighted by atomic mass is 32.2. The van der Waals surface area contributed by atoms with Crippen LogP contribution >= 0.6 is 0 Å². The number of nitrogens with two attached hydrogens (primary N) is 1. The van der Waals surface area contributed by atoms with Crippen LogP contribution in [0.15, 0.2) is 0 Å². The van der Waals surface area contributed by atoms with Gasteiger partial charge in [0, 0.05) is 0 Å². The lowest BCUT2D eigenvalue weighted by atomic mass is 10.2. The molecular weight excluding hydrogens is 238 g/mol. The standard InChI is InChI=1S/C4H6O6.H3NO3S/c5-1(3(7)8)2(6)4(9)10;1-5(2,3)4/h1-2,5-6H,(H,7,8)(H,9,10);(H3,1,2,3,4). The van der Waals surface area contributed by atoms with Crippen LogP contribution in [0.5, 0.6) is 0 Å². The Hall–Kier alpha value is -1.27. The van der Waals surface area contributed by atoms with Gasteiger partial charge in [0.05, 0.1) is 0 Å². The van der Waals surface area contributed by atoms with Crippen LogP contribution in [0.1, 0.15) is 0 Å². The van der Waals surface area contributed by atoms with E-state index in [4.69, 9.17) is 33.4 Å². The maximum absolute atomic E-state index is 9.77. The van der Waals surface area contributed by atoms with Gasteiger partial charge in [-0.2, -0.15) is 8.42 Å². The minimum absolute atomic E-state index is 1.77. The quantitative estimate of drug-likeness (QED) is 0.275. The molecule has 0 aliphatic rings. The summed E-state index contributed by atoms with van der Waals surface area (Å²) in [6.45, 7) is 0. The molecule has 0 amide bonds. The molecular formula is C4H9NO9S. The van der Waals surface area contributed by atoms with E-state index < -0.39 is 34.5 Å². The molecule has 0 aromatic rings. The highest BCUT2D eigenvalue weighted by Gasteiger charge is 2.29. The Morgan fingerprint density at radius 3 is 1.20 bits per heavy atom. The second kappa shape index (κ2) is 6.26. The van der Waals surface area contributed by atoms with Gasteiger partial charge in [0.1, 0.15) is 0 Å². The summed E-state index contributed by atoms with van der Waals surface area (Å²) in [6.07, 6.45) is -4.53. The smallest absolute Gasteiger partial charge is 0.335 e. The van der Waals surface area contributed by atoms with Gasteiger partial charge in [0.15, 0.2) is 12.2 Å². The molecule has 0 fully saturated rings. The summed E-state index contributed by atoms with van der Waals surface area (Å²) in [5.74, 6) is -3.54. The summed E-state index contributed by atoms with van der Waals surface area (Å²) in [5, 5.41) is 36.4. The first-order valence-electron chi connectivity index (χ1n) is 3.03. The van der Waals surface area contributed by atoms with Gasteiger partial charge < -0.3 is 20.4 Å². The Morgan fingerprint density at radius 2 is 1.13 bits per heavy atom. The minimum Gasteiger partial charge on any atom is -0.479 e. The average Bonchev–Trinajstić information content (AvgIpc) is 1.98. The fourth-order valence-electron chi connectivity index (χ4n) is 0.270. The van der Waals surface area contributed by atoms with E-state index in [1.54, 1.807) is 0 Å². The molecule has 2 unspecified atom stereocenters. The molecule has 7 N–H and O–H groups in total. The van der Waals surface area contributed by atoms with E-state index in [1.807, 2.05) is 0 Å². The zero-order valence-electron chi connectivity index (χ0n) is 7.01. The zero-order chi connectivity index (χ0) is 12.8. The monoisotopic (exact) mass is 247 g/mol. The topological polar surface area (TPSA) is 195 Å². The normalized spacial score (nSPS) is 14.4. The maximum atomic E-state index is 9.77. The molecule has 15 heavy (non-hydrogen) atoms. The van der Waals surface area contributed by atoms with Gasteiger partial charge in [0.25, 0.3) is 0 Å². The average molecular weight is 247 g/mol. The Balaban J connectivity index is 0. The van der Waals surface area contributed by atoms with Crippen LogP contribution in [-0.4, -0.2) is 57.5 Å². The summed E-state index contributed by atoms with van der Waals surface area (Å²) in [6, 6.07) is 0. The van der Waals surface area contributed by atoms with Crippen molar-refractivity contribution in [1.29, 1.82) is 0 Å².